The summed E-state index contributed by atoms with van der Waals surface area (Å²) in [7, 11) is 3.80. The molecule has 2 aliphatic rings. The zero-order valence-electron chi connectivity index (χ0n) is 24.6. The van der Waals surface area contributed by atoms with Gasteiger partial charge < -0.3 is 19.8 Å². The van der Waals surface area contributed by atoms with Crippen molar-refractivity contribution in [1.82, 2.24) is 29.7 Å². The standard InChI is InChI=1S/C13H18N3O2.C7H9N2.C7H13NO2.CH4.2Y/c1-8-6-14-13(9(2)15-8)18-11-5-12(10(3)17)16(4)7-11;1-5-4-8-6(2)7(3)9-5;1-5(9)7-3-6(10)4-8(7)2;;;/h11-12H,5,7H2,1-4H3;1-3H3;6-7,10H,3-4H2,1-2H3;1H4;;/q2*-1;;;;/t11-,12?;;6-,7?;;;/m1.1.../s1. The Balaban J connectivity index is 0. The molecule has 1 N–H and O–H groups in total. The van der Waals surface area contributed by atoms with Crippen molar-refractivity contribution < 1.29 is 84.9 Å². The van der Waals surface area contributed by atoms with Gasteiger partial charge in [0.15, 0.2) is 0 Å². The van der Waals surface area contributed by atoms with Crippen molar-refractivity contribution in [3.05, 3.63) is 40.9 Å². The largest absolute Gasteiger partial charge is 0.556 e. The average molecular weight is 707 g/mol. The first-order chi connectivity index (χ1) is 17.3. The number of hydrogen-bond acceptors (Lipinski definition) is 10. The molecule has 0 spiro atoms. The van der Waals surface area contributed by atoms with Gasteiger partial charge in [0.2, 0.25) is 0 Å². The maximum Gasteiger partial charge on any atom is 0.147 e. The summed E-state index contributed by atoms with van der Waals surface area (Å²) in [6.07, 6.45) is 6.57. The summed E-state index contributed by atoms with van der Waals surface area (Å²) in [5.74, 6) is 0.851. The minimum absolute atomic E-state index is 0. The van der Waals surface area contributed by atoms with Crippen LogP contribution in [0.2, 0.25) is 0 Å². The summed E-state index contributed by atoms with van der Waals surface area (Å²) in [5.41, 5.74) is 4.33. The smallest absolute Gasteiger partial charge is 0.147 e. The van der Waals surface area contributed by atoms with Gasteiger partial charge in [-0.15, -0.1) is 12.4 Å². The van der Waals surface area contributed by atoms with E-state index in [2.05, 4.69) is 32.3 Å². The number of likely N-dealkylation sites (N-methyl/N-ethyl adjacent to an activating group) is 2. The fourth-order valence-electron chi connectivity index (χ4n) is 4.37. The van der Waals surface area contributed by atoms with Gasteiger partial charge >= 0.3 is 0 Å². The number of aliphatic hydroxyl groups excluding tert-OH is 1. The van der Waals surface area contributed by atoms with E-state index in [1.54, 1.807) is 13.8 Å². The van der Waals surface area contributed by atoms with Crippen molar-refractivity contribution in [3.63, 3.8) is 0 Å². The maximum atomic E-state index is 11.4. The van der Waals surface area contributed by atoms with Crippen LogP contribution in [0.15, 0.2) is 0 Å². The number of ketones is 2. The number of ether oxygens (including phenoxy) is 1. The molecule has 40 heavy (non-hydrogen) atoms. The van der Waals surface area contributed by atoms with Gasteiger partial charge in [0.05, 0.1) is 30.2 Å². The van der Waals surface area contributed by atoms with E-state index in [-0.39, 0.29) is 109 Å². The minimum atomic E-state index is -0.307. The van der Waals surface area contributed by atoms with Gasteiger partial charge in [0, 0.05) is 90.6 Å². The molecule has 218 valence electrons. The van der Waals surface area contributed by atoms with Gasteiger partial charge in [-0.25, -0.2) is 0 Å². The van der Waals surface area contributed by atoms with Crippen molar-refractivity contribution in [3.8, 4) is 5.88 Å². The quantitative estimate of drug-likeness (QED) is 0.475. The fourth-order valence-corrected chi connectivity index (χ4v) is 4.37. The summed E-state index contributed by atoms with van der Waals surface area (Å²) in [6, 6.07) is -0.0901. The topological polar surface area (TPSA) is 122 Å². The van der Waals surface area contributed by atoms with Crippen molar-refractivity contribution in [2.24, 2.45) is 0 Å². The van der Waals surface area contributed by atoms with Crippen LogP contribution >= 0.6 is 0 Å². The molecule has 0 amide bonds. The van der Waals surface area contributed by atoms with Gasteiger partial charge in [0.1, 0.15) is 11.6 Å². The van der Waals surface area contributed by atoms with Crippen LogP contribution in [-0.4, -0.2) is 97.9 Å². The van der Waals surface area contributed by atoms with Crippen LogP contribution < -0.4 is 4.74 Å². The Hall–Kier alpha value is -0.612. The molecule has 4 heterocycles. The number of likely N-dealkylation sites (tertiary alicyclic amines) is 2. The predicted octanol–water partition coefficient (Wildman–Crippen LogP) is 2.41. The number of hydrogen-bond donors (Lipinski definition) is 1. The number of nitrogens with zero attached hydrogens (tertiary/aromatic N) is 6. The van der Waals surface area contributed by atoms with Crippen LogP contribution in [0.5, 0.6) is 5.88 Å². The zero-order valence-corrected chi connectivity index (χ0v) is 30.3. The molecule has 0 saturated carbocycles. The van der Waals surface area contributed by atoms with Crippen molar-refractivity contribution in [2.45, 2.75) is 93.0 Å². The third kappa shape index (κ3) is 13.1. The monoisotopic (exact) mass is 706 g/mol. The summed E-state index contributed by atoms with van der Waals surface area (Å²) in [6.45, 7) is 14.0. The number of rotatable bonds is 4. The van der Waals surface area contributed by atoms with Crippen LogP contribution in [-0.2, 0) is 75.0 Å². The Morgan fingerprint density at radius 3 is 1.65 bits per heavy atom. The van der Waals surface area contributed by atoms with Gasteiger partial charge in [-0.2, -0.15) is 0 Å². The van der Waals surface area contributed by atoms with Gasteiger partial charge in [-0.1, -0.05) is 20.0 Å². The van der Waals surface area contributed by atoms with E-state index < -0.39 is 0 Å². The van der Waals surface area contributed by atoms with E-state index in [4.69, 9.17) is 9.84 Å². The van der Waals surface area contributed by atoms with Crippen LogP contribution in [0.3, 0.4) is 0 Å². The Labute approximate surface area is 290 Å². The minimum Gasteiger partial charge on any atom is -0.556 e. The number of aryl methyl sites for hydroxylation is 5. The second-order valence-corrected chi connectivity index (χ2v) is 9.90. The van der Waals surface area contributed by atoms with Crippen molar-refractivity contribution in [2.75, 3.05) is 27.2 Å². The van der Waals surface area contributed by atoms with Crippen LogP contribution in [0.25, 0.3) is 0 Å². The van der Waals surface area contributed by atoms with E-state index in [9.17, 15) is 9.59 Å². The Kier molecular flexibility index (Phi) is 20.3. The zero-order chi connectivity index (χ0) is 27.9. The third-order valence-corrected chi connectivity index (χ3v) is 6.46. The number of β-amino-alcohol motifs (C(OH)–C–C–N with tert-alkyl or cyclic N) is 1. The molecule has 12 heteroatoms. The summed E-state index contributed by atoms with van der Waals surface area (Å²) < 4.78 is 5.81. The number of aliphatic hydroxyl groups is 1. The normalized spacial score (nSPS) is 21.8. The van der Waals surface area contributed by atoms with Crippen LogP contribution in [0.4, 0.5) is 0 Å². The van der Waals surface area contributed by atoms with Gasteiger partial charge in [-0.3, -0.25) is 29.4 Å². The summed E-state index contributed by atoms with van der Waals surface area (Å²) in [4.78, 5) is 42.7. The second kappa shape index (κ2) is 19.6. The van der Waals surface area contributed by atoms with E-state index in [0.29, 0.717) is 25.3 Å². The summed E-state index contributed by atoms with van der Waals surface area (Å²) in [5, 5.41) is 9.12. The molecular formula is C28H44N6O4Y2-2. The second-order valence-electron chi connectivity index (χ2n) is 9.90. The molecule has 0 aliphatic carbocycles. The number of aromatic nitrogens is 4. The Morgan fingerprint density at radius 2 is 1.27 bits per heavy atom. The Morgan fingerprint density at radius 1 is 0.800 bits per heavy atom. The summed E-state index contributed by atoms with van der Waals surface area (Å²) >= 11 is 0. The first-order valence-corrected chi connectivity index (χ1v) is 12.5. The number of carbonyl (C=O) groups is 2. The van der Waals surface area contributed by atoms with Gasteiger partial charge in [0.25, 0.3) is 0 Å². The number of Topliss-reactive ketones (excluding diaryl/α,β-unsaturated/α-hetero) is 2. The third-order valence-electron chi connectivity index (χ3n) is 6.46. The molecule has 2 unspecified atom stereocenters. The van der Waals surface area contributed by atoms with E-state index in [1.165, 1.54) is 0 Å². The van der Waals surface area contributed by atoms with Crippen molar-refractivity contribution >= 4 is 11.6 Å². The van der Waals surface area contributed by atoms with Crippen LogP contribution in [0.1, 0.15) is 62.6 Å². The molecule has 2 saturated heterocycles. The fraction of sp³-hybridized carbons (Fsp3) is 0.643. The molecule has 2 radical (unpaired) electrons. The first-order valence-electron chi connectivity index (χ1n) is 12.5. The molecular weight excluding hydrogens is 662 g/mol. The van der Waals surface area contributed by atoms with E-state index in [1.807, 2.05) is 58.5 Å². The molecule has 0 bridgehead atoms. The molecule has 2 fully saturated rings. The van der Waals surface area contributed by atoms with E-state index in [0.717, 1.165) is 35.0 Å². The molecule has 2 aromatic rings. The first kappa shape index (κ1) is 41.5. The Bertz CT molecular complexity index is 1090. The number of carbonyl (C=O) groups excluding carboxylic acids is 2. The molecule has 0 aromatic carbocycles. The average Bonchev–Trinajstić information content (AvgIpc) is 3.35. The predicted molar refractivity (Wildman–Crippen MR) is 146 cm³/mol. The molecule has 4 rings (SSSR count). The van der Waals surface area contributed by atoms with Crippen LogP contribution in [0, 0.1) is 47.0 Å². The molecule has 4 atom stereocenters. The van der Waals surface area contributed by atoms with E-state index >= 15 is 0 Å². The maximum absolute atomic E-state index is 11.4. The van der Waals surface area contributed by atoms with Gasteiger partial charge in [-0.05, 0) is 79.1 Å². The van der Waals surface area contributed by atoms with Crippen molar-refractivity contribution in [1.29, 1.82) is 0 Å². The molecule has 2 aliphatic heterocycles. The molecule has 10 nitrogen and oxygen atoms in total. The molecule has 2 aromatic heterocycles. The SMILES string of the molecule is C.CC(=O)C1C[C@@H](O)CN1C.CC(=O)C1C[C@@H](Oc2n[c-]c(C)nc2C)CN1C.Cc1[c-]nc(C)c(C)n1.[Y].[Y].